The van der Waals surface area contributed by atoms with Crippen LogP contribution < -0.4 is 9.47 Å². The molecule has 1 unspecified atom stereocenters. The van der Waals surface area contributed by atoms with Crippen LogP contribution in [0.3, 0.4) is 0 Å². The lowest BCUT2D eigenvalue weighted by atomic mass is 9.98. The Morgan fingerprint density at radius 1 is 1.31 bits per heavy atom. The van der Waals surface area contributed by atoms with Crippen LogP contribution in [0.4, 0.5) is 8.78 Å². The van der Waals surface area contributed by atoms with E-state index >= 15 is 0 Å². The molecule has 0 bridgehead atoms. The van der Waals surface area contributed by atoms with E-state index in [1.807, 2.05) is 23.8 Å². The second-order valence-electron chi connectivity index (χ2n) is 6.96. The lowest BCUT2D eigenvalue weighted by molar-refractivity contribution is -0.137. The number of methoxy groups -OCH3 is 1. The van der Waals surface area contributed by atoms with Gasteiger partial charge in [-0.1, -0.05) is 13.0 Å². The number of amides is 1. The van der Waals surface area contributed by atoms with Crippen molar-refractivity contribution in [2.24, 2.45) is 5.92 Å². The minimum absolute atomic E-state index is 0.000430. The molecule has 0 aromatic heterocycles. The molecule has 0 aliphatic carbocycles. The summed E-state index contributed by atoms with van der Waals surface area (Å²) in [6.45, 7) is 3.33. The van der Waals surface area contributed by atoms with E-state index in [0.717, 1.165) is 31.5 Å². The van der Waals surface area contributed by atoms with Crippen molar-refractivity contribution in [2.75, 3.05) is 27.2 Å². The molecule has 2 rings (SSSR count). The predicted molar refractivity (Wildman–Crippen MR) is 95.5 cm³/mol. The van der Waals surface area contributed by atoms with E-state index in [1.54, 1.807) is 12.1 Å². The maximum Gasteiger partial charge on any atom is 0.387 e. The Kier molecular flexibility index (Phi) is 7.20. The first-order valence-corrected chi connectivity index (χ1v) is 8.92. The lowest BCUT2D eigenvalue weighted by Crippen LogP contribution is -2.48. The molecule has 1 aromatic carbocycles. The normalized spacial score (nSPS) is 16.8. The summed E-state index contributed by atoms with van der Waals surface area (Å²) in [5.41, 5.74) is 0.859. The molecule has 1 fully saturated rings. The number of carbonyl (C=O) groups excluding carboxylic acids is 1. The van der Waals surface area contributed by atoms with Crippen LogP contribution in [0.2, 0.25) is 0 Å². The van der Waals surface area contributed by atoms with E-state index in [9.17, 15) is 13.6 Å². The lowest BCUT2D eigenvalue weighted by Gasteiger charge is -2.34. The number of benzene rings is 1. The second kappa shape index (κ2) is 9.16. The first-order valence-electron chi connectivity index (χ1n) is 8.92. The third-order valence-electron chi connectivity index (χ3n) is 4.99. The quantitative estimate of drug-likeness (QED) is 0.738. The number of likely N-dealkylation sites (N-methyl/N-ethyl adjacent to an activating group) is 1. The van der Waals surface area contributed by atoms with Gasteiger partial charge in [-0.05, 0) is 50.4 Å². The minimum Gasteiger partial charge on any atom is -0.493 e. The van der Waals surface area contributed by atoms with E-state index in [-0.39, 0.29) is 23.4 Å². The van der Waals surface area contributed by atoms with E-state index < -0.39 is 6.61 Å². The van der Waals surface area contributed by atoms with Crippen molar-refractivity contribution in [2.45, 2.75) is 45.9 Å². The van der Waals surface area contributed by atoms with Gasteiger partial charge in [-0.3, -0.25) is 9.69 Å². The first-order chi connectivity index (χ1) is 12.3. The van der Waals surface area contributed by atoms with Crippen LogP contribution in [-0.4, -0.2) is 55.6 Å². The average Bonchev–Trinajstić information content (AvgIpc) is 2.61. The molecular formula is C19H28F2N2O3. The zero-order chi connectivity index (χ0) is 19.3. The fraction of sp³-hybridized carbons (Fsp3) is 0.632. The summed E-state index contributed by atoms with van der Waals surface area (Å²) in [5, 5.41) is 0. The summed E-state index contributed by atoms with van der Waals surface area (Å²) >= 11 is 0. The summed E-state index contributed by atoms with van der Waals surface area (Å²) in [6.07, 6.45) is 2.09. The van der Waals surface area contributed by atoms with Crippen molar-refractivity contribution in [1.82, 2.24) is 9.80 Å². The molecule has 1 amide bonds. The Morgan fingerprint density at radius 3 is 2.54 bits per heavy atom. The van der Waals surface area contributed by atoms with Crippen molar-refractivity contribution in [3.8, 4) is 11.5 Å². The Bertz CT molecular complexity index is 604. The number of carbonyl (C=O) groups is 1. The predicted octanol–water partition coefficient (Wildman–Crippen LogP) is 3.38. The highest BCUT2D eigenvalue weighted by Crippen LogP contribution is 2.30. The molecule has 0 saturated carbocycles. The molecule has 0 radical (unpaired) electrons. The van der Waals surface area contributed by atoms with Gasteiger partial charge in [0.1, 0.15) is 0 Å². The van der Waals surface area contributed by atoms with E-state index in [1.165, 1.54) is 13.2 Å². The third kappa shape index (κ3) is 5.30. The largest absolute Gasteiger partial charge is 0.493 e. The number of ether oxygens (including phenoxy) is 2. The van der Waals surface area contributed by atoms with Crippen molar-refractivity contribution in [1.29, 1.82) is 0 Å². The molecule has 1 saturated heterocycles. The zero-order valence-electron chi connectivity index (χ0n) is 15.9. The number of hydrogen-bond donors (Lipinski definition) is 0. The Balaban J connectivity index is 1.99. The Morgan fingerprint density at radius 2 is 1.96 bits per heavy atom. The SMILES string of the molecule is COc1cc(CN(C)C(C)C(=O)N2CCC(C)CC2)ccc1OC(F)F. The van der Waals surface area contributed by atoms with Gasteiger partial charge >= 0.3 is 6.61 Å². The van der Waals surface area contributed by atoms with Gasteiger partial charge in [0.2, 0.25) is 5.91 Å². The minimum atomic E-state index is -2.90. The van der Waals surface area contributed by atoms with E-state index in [0.29, 0.717) is 12.5 Å². The monoisotopic (exact) mass is 370 g/mol. The topological polar surface area (TPSA) is 42.0 Å². The summed E-state index contributed by atoms with van der Waals surface area (Å²) in [6, 6.07) is 4.57. The molecular weight excluding hydrogens is 342 g/mol. The number of alkyl halides is 2. The molecule has 5 nitrogen and oxygen atoms in total. The van der Waals surface area contributed by atoms with Crippen molar-refractivity contribution in [3.63, 3.8) is 0 Å². The number of halogens is 2. The number of hydrogen-bond acceptors (Lipinski definition) is 4. The fourth-order valence-corrected chi connectivity index (χ4v) is 3.11. The molecule has 26 heavy (non-hydrogen) atoms. The maximum atomic E-state index is 12.7. The van der Waals surface area contributed by atoms with Crippen LogP contribution in [0.5, 0.6) is 11.5 Å². The van der Waals surface area contributed by atoms with Crippen molar-refractivity contribution >= 4 is 5.91 Å². The standard InChI is InChI=1S/C19H28F2N2O3/c1-13-7-9-23(10-8-13)18(24)14(2)22(3)12-15-5-6-16(26-19(20)21)17(11-15)25-4/h5-6,11,13-14,19H,7-10,12H2,1-4H3. The van der Waals surface area contributed by atoms with Crippen LogP contribution in [-0.2, 0) is 11.3 Å². The smallest absolute Gasteiger partial charge is 0.387 e. The van der Waals surface area contributed by atoms with Gasteiger partial charge in [0.25, 0.3) is 0 Å². The molecule has 0 N–H and O–H groups in total. The molecule has 1 aliphatic rings. The van der Waals surface area contributed by atoms with Crippen LogP contribution in [0.1, 0.15) is 32.3 Å². The molecule has 1 atom stereocenters. The van der Waals surface area contributed by atoms with Crippen LogP contribution in [0.25, 0.3) is 0 Å². The fourth-order valence-electron chi connectivity index (χ4n) is 3.11. The maximum absolute atomic E-state index is 12.7. The van der Waals surface area contributed by atoms with Crippen LogP contribution in [0, 0.1) is 5.92 Å². The van der Waals surface area contributed by atoms with E-state index in [4.69, 9.17) is 4.74 Å². The summed E-state index contributed by atoms with van der Waals surface area (Å²) in [7, 11) is 3.29. The Hall–Kier alpha value is -1.89. The molecule has 1 aromatic rings. The highest BCUT2D eigenvalue weighted by Gasteiger charge is 2.26. The molecule has 1 aliphatic heterocycles. The number of nitrogens with zero attached hydrogens (tertiary/aromatic N) is 2. The third-order valence-corrected chi connectivity index (χ3v) is 4.99. The van der Waals surface area contributed by atoms with Gasteiger partial charge in [-0.25, -0.2) is 0 Å². The van der Waals surface area contributed by atoms with Crippen LogP contribution in [0.15, 0.2) is 18.2 Å². The Labute approximate surface area is 153 Å². The van der Waals surface area contributed by atoms with Gasteiger partial charge in [-0.2, -0.15) is 8.78 Å². The van der Waals surface area contributed by atoms with E-state index in [2.05, 4.69) is 11.7 Å². The number of likely N-dealkylation sites (tertiary alicyclic amines) is 1. The van der Waals surface area contributed by atoms with Gasteiger partial charge in [0, 0.05) is 19.6 Å². The van der Waals surface area contributed by atoms with Gasteiger partial charge in [-0.15, -0.1) is 0 Å². The molecule has 1 heterocycles. The summed E-state index contributed by atoms with van der Waals surface area (Å²) in [4.78, 5) is 16.6. The molecule has 7 heteroatoms. The summed E-state index contributed by atoms with van der Waals surface area (Å²) in [5.74, 6) is 1.05. The zero-order valence-corrected chi connectivity index (χ0v) is 15.9. The number of piperidine rings is 1. The van der Waals surface area contributed by atoms with Gasteiger partial charge in [0.05, 0.1) is 13.2 Å². The molecule has 146 valence electrons. The van der Waals surface area contributed by atoms with Crippen molar-refractivity contribution < 1.29 is 23.0 Å². The average molecular weight is 370 g/mol. The first kappa shape index (κ1) is 20.4. The second-order valence-corrected chi connectivity index (χ2v) is 6.96. The van der Waals surface area contributed by atoms with Crippen LogP contribution >= 0.6 is 0 Å². The number of rotatable bonds is 7. The highest BCUT2D eigenvalue weighted by atomic mass is 19.3. The van der Waals surface area contributed by atoms with Gasteiger partial charge in [0.15, 0.2) is 11.5 Å². The van der Waals surface area contributed by atoms with Crippen molar-refractivity contribution in [3.05, 3.63) is 23.8 Å². The summed E-state index contributed by atoms with van der Waals surface area (Å²) < 4.78 is 34.4. The van der Waals surface area contributed by atoms with Gasteiger partial charge < -0.3 is 14.4 Å². The highest BCUT2D eigenvalue weighted by molar-refractivity contribution is 5.81. The molecule has 0 spiro atoms.